The van der Waals surface area contributed by atoms with Crippen molar-refractivity contribution < 1.29 is 4.79 Å². The molecule has 3 heteroatoms. The minimum absolute atomic E-state index is 0.200. The third-order valence-electron chi connectivity index (χ3n) is 4.30. The van der Waals surface area contributed by atoms with E-state index in [2.05, 4.69) is 11.9 Å². The van der Waals surface area contributed by atoms with Gasteiger partial charge in [-0.1, -0.05) is 37.4 Å². The predicted molar refractivity (Wildman–Crippen MR) is 78.8 cm³/mol. The number of aromatic amines is 1. The molecule has 1 aromatic heterocycles. The van der Waals surface area contributed by atoms with Crippen LogP contribution in [0.25, 0.3) is 10.9 Å². The van der Waals surface area contributed by atoms with E-state index in [1.54, 1.807) is 0 Å². The first-order chi connectivity index (χ1) is 9.15. The van der Waals surface area contributed by atoms with E-state index in [-0.39, 0.29) is 5.92 Å². The SMILES string of the molecule is CC1CCC(C(=O)c2c[nH]c3cc(Cl)ccc23)CC1. The minimum atomic E-state index is 0.200. The zero-order valence-corrected chi connectivity index (χ0v) is 11.8. The van der Waals surface area contributed by atoms with Gasteiger partial charge in [0, 0.05) is 33.6 Å². The summed E-state index contributed by atoms with van der Waals surface area (Å²) >= 11 is 5.97. The lowest BCUT2D eigenvalue weighted by Gasteiger charge is -2.24. The van der Waals surface area contributed by atoms with Gasteiger partial charge < -0.3 is 4.98 Å². The summed E-state index contributed by atoms with van der Waals surface area (Å²) in [7, 11) is 0. The second kappa shape index (κ2) is 5.01. The maximum Gasteiger partial charge on any atom is 0.168 e. The topological polar surface area (TPSA) is 32.9 Å². The molecule has 0 radical (unpaired) electrons. The van der Waals surface area contributed by atoms with Crippen LogP contribution in [0.1, 0.15) is 43.0 Å². The summed E-state index contributed by atoms with van der Waals surface area (Å²) in [6.07, 6.45) is 6.23. The lowest BCUT2D eigenvalue weighted by Crippen LogP contribution is -2.20. The van der Waals surface area contributed by atoms with Crippen LogP contribution in [0.3, 0.4) is 0 Å². The van der Waals surface area contributed by atoms with Crippen LogP contribution >= 0.6 is 11.6 Å². The molecule has 0 bridgehead atoms. The normalized spacial score (nSPS) is 23.7. The number of halogens is 1. The lowest BCUT2D eigenvalue weighted by atomic mass is 9.79. The minimum Gasteiger partial charge on any atom is -0.360 e. The molecule has 1 aromatic carbocycles. The summed E-state index contributed by atoms with van der Waals surface area (Å²) in [5.41, 5.74) is 1.77. The third-order valence-corrected chi connectivity index (χ3v) is 4.53. The predicted octanol–water partition coefficient (Wildman–Crippen LogP) is 4.83. The molecule has 2 nitrogen and oxygen atoms in total. The third kappa shape index (κ3) is 2.42. The molecule has 1 saturated carbocycles. The highest BCUT2D eigenvalue weighted by molar-refractivity contribution is 6.31. The van der Waals surface area contributed by atoms with Gasteiger partial charge in [0.15, 0.2) is 5.78 Å². The van der Waals surface area contributed by atoms with Crippen molar-refractivity contribution in [2.75, 3.05) is 0 Å². The van der Waals surface area contributed by atoms with Gasteiger partial charge in [-0.05, 0) is 30.9 Å². The molecule has 1 N–H and O–H groups in total. The number of carbonyl (C=O) groups is 1. The van der Waals surface area contributed by atoms with Crippen LogP contribution in [0.5, 0.6) is 0 Å². The van der Waals surface area contributed by atoms with Gasteiger partial charge in [0.2, 0.25) is 0 Å². The fourth-order valence-corrected chi connectivity index (χ4v) is 3.22. The van der Waals surface area contributed by atoms with Crippen molar-refractivity contribution in [2.24, 2.45) is 11.8 Å². The largest absolute Gasteiger partial charge is 0.360 e. The van der Waals surface area contributed by atoms with Crippen molar-refractivity contribution in [2.45, 2.75) is 32.6 Å². The number of nitrogens with one attached hydrogen (secondary N) is 1. The number of fused-ring (bicyclic) bond motifs is 1. The van der Waals surface area contributed by atoms with Gasteiger partial charge in [-0.3, -0.25) is 4.79 Å². The standard InChI is InChI=1S/C16H18ClNO/c1-10-2-4-11(5-3-10)16(19)14-9-18-15-8-12(17)6-7-13(14)15/h6-11,18H,2-5H2,1H3. The molecule has 0 aliphatic heterocycles. The Hall–Kier alpha value is -1.28. The number of Topliss-reactive ketones (excluding diaryl/α,β-unsaturated/α-hetero) is 1. The summed E-state index contributed by atoms with van der Waals surface area (Å²) in [5.74, 6) is 1.26. The Morgan fingerprint density at radius 1 is 1.26 bits per heavy atom. The Morgan fingerprint density at radius 3 is 2.74 bits per heavy atom. The van der Waals surface area contributed by atoms with E-state index in [0.29, 0.717) is 10.8 Å². The van der Waals surface area contributed by atoms with Crippen molar-refractivity contribution >= 4 is 28.3 Å². The molecule has 1 fully saturated rings. The number of hydrogen-bond acceptors (Lipinski definition) is 1. The summed E-state index contributed by atoms with van der Waals surface area (Å²) in [4.78, 5) is 15.8. The second-order valence-electron chi connectivity index (χ2n) is 5.71. The average molecular weight is 276 g/mol. The van der Waals surface area contributed by atoms with Gasteiger partial charge in [-0.25, -0.2) is 0 Å². The lowest BCUT2D eigenvalue weighted by molar-refractivity contribution is 0.0877. The van der Waals surface area contributed by atoms with Crippen molar-refractivity contribution in [1.82, 2.24) is 4.98 Å². The molecule has 2 aromatic rings. The van der Waals surface area contributed by atoms with E-state index in [9.17, 15) is 4.79 Å². The molecule has 19 heavy (non-hydrogen) atoms. The van der Waals surface area contributed by atoms with Crippen LogP contribution < -0.4 is 0 Å². The van der Waals surface area contributed by atoms with Gasteiger partial charge in [0.25, 0.3) is 0 Å². The van der Waals surface area contributed by atoms with Crippen LogP contribution in [0.2, 0.25) is 5.02 Å². The van der Waals surface area contributed by atoms with Gasteiger partial charge in [-0.15, -0.1) is 0 Å². The average Bonchev–Trinajstić information content (AvgIpc) is 2.81. The monoisotopic (exact) mass is 275 g/mol. The van der Waals surface area contributed by atoms with Gasteiger partial charge in [-0.2, -0.15) is 0 Å². The van der Waals surface area contributed by atoms with Crippen LogP contribution in [-0.4, -0.2) is 10.8 Å². The van der Waals surface area contributed by atoms with Crippen LogP contribution in [0.4, 0.5) is 0 Å². The first kappa shape index (κ1) is 12.7. The number of H-pyrrole nitrogens is 1. The number of ketones is 1. The summed E-state index contributed by atoms with van der Waals surface area (Å²) in [6.45, 7) is 2.27. The molecule has 0 atom stereocenters. The van der Waals surface area contributed by atoms with Crippen molar-refractivity contribution in [3.05, 3.63) is 35.0 Å². The first-order valence-corrected chi connectivity index (χ1v) is 7.34. The summed E-state index contributed by atoms with van der Waals surface area (Å²) in [6, 6.07) is 5.65. The maximum atomic E-state index is 12.6. The van der Waals surface area contributed by atoms with Crippen molar-refractivity contribution in [1.29, 1.82) is 0 Å². The molecule has 0 unspecified atom stereocenters. The fourth-order valence-electron chi connectivity index (χ4n) is 3.04. The van der Waals surface area contributed by atoms with Gasteiger partial charge in [0.05, 0.1) is 0 Å². The van der Waals surface area contributed by atoms with E-state index in [4.69, 9.17) is 11.6 Å². The van der Waals surface area contributed by atoms with Gasteiger partial charge in [0.1, 0.15) is 0 Å². The van der Waals surface area contributed by atoms with E-state index in [1.165, 1.54) is 12.8 Å². The Morgan fingerprint density at radius 2 is 2.00 bits per heavy atom. The highest BCUT2D eigenvalue weighted by Crippen LogP contribution is 2.32. The number of carbonyl (C=O) groups excluding carboxylic acids is 1. The highest BCUT2D eigenvalue weighted by atomic mass is 35.5. The quantitative estimate of drug-likeness (QED) is 0.782. The smallest absolute Gasteiger partial charge is 0.168 e. The molecular formula is C16H18ClNO. The Kier molecular flexibility index (Phi) is 3.36. The molecule has 0 spiro atoms. The van der Waals surface area contributed by atoms with Crippen molar-refractivity contribution in [3.63, 3.8) is 0 Å². The van der Waals surface area contributed by atoms with Crippen LogP contribution in [0.15, 0.2) is 24.4 Å². The zero-order chi connectivity index (χ0) is 13.4. The fraction of sp³-hybridized carbons (Fsp3) is 0.438. The molecule has 1 aliphatic carbocycles. The molecule has 1 heterocycles. The highest BCUT2D eigenvalue weighted by Gasteiger charge is 2.26. The van der Waals surface area contributed by atoms with E-state index < -0.39 is 0 Å². The van der Waals surface area contributed by atoms with E-state index in [0.717, 1.165) is 35.2 Å². The Balaban J connectivity index is 1.89. The maximum absolute atomic E-state index is 12.6. The zero-order valence-electron chi connectivity index (χ0n) is 11.1. The van der Waals surface area contributed by atoms with E-state index >= 15 is 0 Å². The first-order valence-electron chi connectivity index (χ1n) is 6.96. The van der Waals surface area contributed by atoms with E-state index in [1.807, 2.05) is 24.4 Å². The van der Waals surface area contributed by atoms with Crippen LogP contribution in [0, 0.1) is 11.8 Å². The molecule has 1 aliphatic rings. The molecule has 3 rings (SSSR count). The van der Waals surface area contributed by atoms with Crippen molar-refractivity contribution in [3.8, 4) is 0 Å². The summed E-state index contributed by atoms with van der Waals surface area (Å²) < 4.78 is 0. The molecular weight excluding hydrogens is 258 g/mol. The van der Waals surface area contributed by atoms with Crippen LogP contribution in [-0.2, 0) is 0 Å². The molecule has 100 valence electrons. The van der Waals surface area contributed by atoms with Gasteiger partial charge >= 0.3 is 0 Å². The number of hydrogen-bond donors (Lipinski definition) is 1. The number of rotatable bonds is 2. The Bertz CT molecular complexity index is 608. The second-order valence-corrected chi connectivity index (χ2v) is 6.15. The number of aromatic nitrogens is 1. The molecule has 0 amide bonds. The number of benzene rings is 1. The Labute approximate surface area is 118 Å². The summed E-state index contributed by atoms with van der Waals surface area (Å²) in [5, 5.41) is 1.69. The molecule has 0 saturated heterocycles.